The van der Waals surface area contributed by atoms with Crippen molar-refractivity contribution in [2.75, 3.05) is 78.7 Å². The molecule has 0 aliphatic rings. The van der Waals surface area contributed by atoms with Crippen LogP contribution in [-0.2, 0) is 28.8 Å². The third-order valence-corrected chi connectivity index (χ3v) is 9.05. The van der Waals surface area contributed by atoms with E-state index in [2.05, 4.69) is 17.1 Å². The molecule has 0 aromatic heterocycles. The minimum Gasteiger partial charge on any atom is -0.508 e. The van der Waals surface area contributed by atoms with Crippen molar-refractivity contribution >= 4 is 26.7 Å². The predicted molar refractivity (Wildman–Crippen MR) is 205 cm³/mol. The monoisotopic (exact) mass is 752 g/mol. The summed E-state index contributed by atoms with van der Waals surface area (Å²) in [6.45, 7) is 13.6. The van der Waals surface area contributed by atoms with E-state index < -0.39 is 21.5 Å². The molecule has 4 rings (SSSR count). The maximum absolute atomic E-state index is 12.0. The Balaban J connectivity index is 1.17. The van der Waals surface area contributed by atoms with Crippen molar-refractivity contribution in [3.05, 3.63) is 78.9 Å². The van der Waals surface area contributed by atoms with Crippen LogP contribution in [0.3, 0.4) is 0 Å². The lowest BCUT2D eigenvalue weighted by molar-refractivity contribution is 0.00995. The number of phenolic OH excluding ortho intramolecular Hbond substituents is 1. The van der Waals surface area contributed by atoms with E-state index in [1.54, 1.807) is 42.5 Å². The molecule has 0 bridgehead atoms. The molecule has 0 saturated heterocycles. The van der Waals surface area contributed by atoms with Gasteiger partial charge in [0.25, 0.3) is 0 Å². The summed E-state index contributed by atoms with van der Waals surface area (Å²) in [7, 11) is -3.33. The summed E-state index contributed by atoms with van der Waals surface area (Å²) in [5.41, 5.74) is 1.06. The van der Waals surface area contributed by atoms with Crippen LogP contribution in [0.1, 0.15) is 27.7 Å². The number of nitrogens with zero attached hydrogens (tertiary/aromatic N) is 1. The molecule has 0 aliphatic heterocycles. The predicted octanol–water partition coefficient (Wildman–Crippen LogP) is 6.68. The highest BCUT2D eigenvalue weighted by molar-refractivity contribution is 7.90. The van der Waals surface area contributed by atoms with E-state index in [-0.39, 0.29) is 10.6 Å². The van der Waals surface area contributed by atoms with Crippen LogP contribution in [-0.4, -0.2) is 109 Å². The fraction of sp³-hybridized carbons (Fsp3) is 0.425. The molecule has 0 atom stereocenters. The number of hydrogen-bond acceptors (Lipinski definition) is 11. The van der Waals surface area contributed by atoms with Gasteiger partial charge in [-0.25, -0.2) is 13.2 Å². The SMILES string of the molecule is CCN(CCOCCOCCOCCNC(=O)OC(C)(C)C)CCOc1ccc(Oc2c(-c3ccc(S(C)(=O)=O)cc3)ccc3cc(O)ccc23)cc1. The summed E-state index contributed by atoms with van der Waals surface area (Å²) >= 11 is 0. The van der Waals surface area contributed by atoms with Crippen LogP contribution in [0, 0.1) is 0 Å². The second-order valence-electron chi connectivity index (χ2n) is 13.3. The molecule has 1 amide bonds. The van der Waals surface area contributed by atoms with Gasteiger partial charge in [0.15, 0.2) is 9.84 Å². The number of nitrogens with one attached hydrogen (secondary N) is 1. The van der Waals surface area contributed by atoms with Crippen LogP contribution in [0.4, 0.5) is 4.79 Å². The van der Waals surface area contributed by atoms with Crippen molar-refractivity contribution < 1.29 is 46.7 Å². The highest BCUT2D eigenvalue weighted by Crippen LogP contribution is 2.41. The molecule has 4 aromatic carbocycles. The first-order valence-electron chi connectivity index (χ1n) is 17.7. The van der Waals surface area contributed by atoms with Crippen LogP contribution >= 0.6 is 0 Å². The van der Waals surface area contributed by atoms with Gasteiger partial charge in [-0.2, -0.15) is 0 Å². The Bertz CT molecular complexity index is 1840. The van der Waals surface area contributed by atoms with Gasteiger partial charge in [0.05, 0.1) is 44.5 Å². The molecule has 2 N–H and O–H groups in total. The average molecular weight is 753 g/mol. The van der Waals surface area contributed by atoms with Gasteiger partial charge in [-0.3, -0.25) is 4.90 Å². The zero-order chi connectivity index (χ0) is 38.3. The molecule has 4 aromatic rings. The van der Waals surface area contributed by atoms with Gasteiger partial charge in [0.2, 0.25) is 0 Å². The Kier molecular flexibility index (Phi) is 15.7. The summed E-state index contributed by atoms with van der Waals surface area (Å²) in [6.07, 6.45) is 0.722. The molecule has 0 radical (unpaired) electrons. The summed E-state index contributed by atoms with van der Waals surface area (Å²) in [4.78, 5) is 14.1. The number of aromatic hydroxyl groups is 1. The van der Waals surface area contributed by atoms with E-state index in [0.29, 0.717) is 70.0 Å². The van der Waals surface area contributed by atoms with Crippen molar-refractivity contribution in [3.8, 4) is 34.1 Å². The maximum Gasteiger partial charge on any atom is 0.407 e. The lowest BCUT2D eigenvalue weighted by Crippen LogP contribution is -2.34. The number of rotatable bonds is 21. The number of phenols is 1. The highest BCUT2D eigenvalue weighted by Gasteiger charge is 2.16. The molecule has 0 heterocycles. The highest BCUT2D eigenvalue weighted by atomic mass is 32.2. The first-order valence-corrected chi connectivity index (χ1v) is 19.6. The lowest BCUT2D eigenvalue weighted by atomic mass is 9.99. The quantitative estimate of drug-likeness (QED) is 0.0881. The number of likely N-dealkylation sites (N-methyl/N-ethyl adjacent to an activating group) is 1. The van der Waals surface area contributed by atoms with E-state index in [1.165, 1.54) is 6.26 Å². The van der Waals surface area contributed by atoms with Crippen LogP contribution in [0.2, 0.25) is 0 Å². The number of alkyl carbamates (subject to hydrolysis) is 1. The first kappa shape index (κ1) is 41.4. The van der Waals surface area contributed by atoms with Crippen molar-refractivity contribution in [2.24, 2.45) is 0 Å². The van der Waals surface area contributed by atoms with Crippen molar-refractivity contribution in [1.29, 1.82) is 0 Å². The van der Waals surface area contributed by atoms with Gasteiger partial charge < -0.3 is 38.8 Å². The van der Waals surface area contributed by atoms with Crippen LogP contribution < -0.4 is 14.8 Å². The number of amides is 1. The first-order chi connectivity index (χ1) is 25.3. The van der Waals surface area contributed by atoms with Crippen LogP contribution in [0.25, 0.3) is 21.9 Å². The Morgan fingerprint density at radius 2 is 1.40 bits per heavy atom. The normalized spacial score (nSPS) is 11.9. The minimum absolute atomic E-state index is 0.150. The molecular weight excluding hydrogens is 701 g/mol. The second kappa shape index (κ2) is 20.2. The Hall–Kier alpha value is -4.40. The van der Waals surface area contributed by atoms with Crippen molar-refractivity contribution in [1.82, 2.24) is 10.2 Å². The van der Waals surface area contributed by atoms with Gasteiger partial charge in [-0.15, -0.1) is 0 Å². The largest absolute Gasteiger partial charge is 0.508 e. The topological polar surface area (TPSA) is 142 Å². The summed E-state index contributed by atoms with van der Waals surface area (Å²) in [5.74, 6) is 2.05. The average Bonchev–Trinajstić information content (AvgIpc) is 3.11. The van der Waals surface area contributed by atoms with Gasteiger partial charge in [0.1, 0.15) is 35.2 Å². The molecule has 12 nitrogen and oxygen atoms in total. The van der Waals surface area contributed by atoms with Gasteiger partial charge in [-0.05, 0) is 98.9 Å². The minimum atomic E-state index is -3.33. The Labute approximate surface area is 312 Å². The van der Waals surface area contributed by atoms with E-state index in [1.807, 2.05) is 57.2 Å². The molecule has 0 fully saturated rings. The zero-order valence-electron chi connectivity index (χ0n) is 31.3. The maximum atomic E-state index is 12.0. The fourth-order valence-corrected chi connectivity index (χ4v) is 5.86. The Morgan fingerprint density at radius 1 is 0.774 bits per heavy atom. The molecule has 0 spiro atoms. The molecule has 0 unspecified atom stereocenters. The van der Waals surface area contributed by atoms with Gasteiger partial charge in [0, 0.05) is 36.8 Å². The molecule has 13 heteroatoms. The van der Waals surface area contributed by atoms with Crippen LogP contribution in [0.5, 0.6) is 23.0 Å². The number of carbonyl (C=O) groups excluding carboxylic acids is 1. The standard InChI is InChI=1S/C40H52N2O10S/c1-6-42(20-23-48-26-28-49-27-25-47-22-19-41-39(44)52-40(2,3)4)21-24-50-33-11-13-34(14-12-33)51-38-36(17-9-31-29-32(43)10-18-37(31)38)30-7-15-35(16-8-30)53(5,45)46/h7-18,29,43H,6,19-28H2,1-5H3,(H,41,44). The summed E-state index contributed by atoms with van der Waals surface area (Å²) in [6, 6.07) is 23.0. The molecule has 0 saturated carbocycles. The number of hydrogen-bond donors (Lipinski definition) is 2. The Morgan fingerprint density at radius 3 is 2.04 bits per heavy atom. The van der Waals surface area contributed by atoms with Crippen molar-refractivity contribution in [3.63, 3.8) is 0 Å². The molecule has 288 valence electrons. The van der Waals surface area contributed by atoms with Gasteiger partial charge in [-0.1, -0.05) is 25.1 Å². The molecular formula is C40H52N2O10S. The number of sulfone groups is 1. The van der Waals surface area contributed by atoms with E-state index in [9.17, 15) is 18.3 Å². The van der Waals surface area contributed by atoms with Crippen LogP contribution in [0.15, 0.2) is 83.8 Å². The lowest BCUT2D eigenvalue weighted by Gasteiger charge is -2.20. The number of ether oxygens (including phenoxy) is 6. The van der Waals surface area contributed by atoms with Gasteiger partial charge >= 0.3 is 6.09 Å². The summed E-state index contributed by atoms with van der Waals surface area (Å²) < 4.78 is 58.4. The van der Waals surface area contributed by atoms with E-state index in [4.69, 9.17) is 28.4 Å². The summed E-state index contributed by atoms with van der Waals surface area (Å²) in [5, 5.41) is 14.3. The zero-order valence-corrected chi connectivity index (χ0v) is 32.1. The molecule has 53 heavy (non-hydrogen) atoms. The van der Waals surface area contributed by atoms with E-state index >= 15 is 0 Å². The third-order valence-electron chi connectivity index (χ3n) is 7.93. The van der Waals surface area contributed by atoms with E-state index in [0.717, 1.165) is 41.5 Å². The smallest absolute Gasteiger partial charge is 0.407 e. The number of carbonyl (C=O) groups is 1. The number of benzene rings is 4. The second-order valence-corrected chi connectivity index (χ2v) is 15.3. The third kappa shape index (κ3) is 14.2. The molecule has 0 aliphatic carbocycles. The van der Waals surface area contributed by atoms with Crippen molar-refractivity contribution in [2.45, 2.75) is 38.2 Å². The fourth-order valence-electron chi connectivity index (χ4n) is 5.23. The number of fused-ring (bicyclic) bond motifs is 1.